The number of imide groups is 1. The summed E-state index contributed by atoms with van der Waals surface area (Å²) in [4.78, 5) is 31.3. The van der Waals surface area contributed by atoms with Crippen molar-refractivity contribution in [3.63, 3.8) is 0 Å². The number of rotatable bonds is 2. The van der Waals surface area contributed by atoms with Gasteiger partial charge < -0.3 is 14.8 Å². The van der Waals surface area contributed by atoms with Crippen LogP contribution >= 0.6 is 0 Å². The predicted octanol–water partition coefficient (Wildman–Crippen LogP) is 2.98. The molecule has 0 spiro atoms. The molecule has 3 amide bonds. The molecule has 3 aliphatic rings. The maximum absolute atomic E-state index is 12.0. The highest BCUT2D eigenvalue weighted by atomic mass is 16.2. The molecule has 0 bridgehead atoms. The van der Waals surface area contributed by atoms with Crippen LogP contribution in [0.4, 0.5) is 4.79 Å². The molecule has 2 aliphatic heterocycles. The van der Waals surface area contributed by atoms with Gasteiger partial charge in [-0.3, -0.25) is 10.1 Å². The second-order valence-corrected chi connectivity index (χ2v) is 10.2. The fraction of sp³-hybridized carbons (Fsp3) is 0.565. The Bertz CT molecular complexity index is 1000. The van der Waals surface area contributed by atoms with Gasteiger partial charge in [-0.05, 0) is 47.9 Å². The number of likely N-dealkylation sites (N-methyl/N-ethyl adjacent to an activating group) is 1. The molecule has 1 aromatic heterocycles. The second-order valence-electron chi connectivity index (χ2n) is 10.2. The zero-order chi connectivity index (χ0) is 20.5. The van der Waals surface area contributed by atoms with Gasteiger partial charge in [0.05, 0.1) is 0 Å². The lowest BCUT2D eigenvalue weighted by Gasteiger charge is -2.46. The van der Waals surface area contributed by atoms with Crippen LogP contribution in [0, 0.1) is 5.92 Å². The lowest BCUT2D eigenvalue weighted by molar-refractivity contribution is -0.118. The van der Waals surface area contributed by atoms with Crippen LogP contribution in [0.15, 0.2) is 18.3 Å². The molecular weight excluding hydrogens is 364 g/mol. The first-order valence-corrected chi connectivity index (χ1v) is 10.6. The van der Waals surface area contributed by atoms with E-state index >= 15 is 0 Å². The Morgan fingerprint density at radius 1 is 1.21 bits per heavy atom. The number of nitrogens with zero attached hydrogens (tertiary/aromatic N) is 2. The summed E-state index contributed by atoms with van der Waals surface area (Å²) in [5.41, 5.74) is 5.63. The Balaban J connectivity index is 1.48. The van der Waals surface area contributed by atoms with Crippen LogP contribution in [0.3, 0.4) is 0 Å². The van der Waals surface area contributed by atoms with Crippen LogP contribution in [-0.4, -0.2) is 59.4 Å². The van der Waals surface area contributed by atoms with Crippen molar-refractivity contribution in [3.8, 4) is 0 Å². The number of urea groups is 1. The van der Waals surface area contributed by atoms with Gasteiger partial charge in [0.2, 0.25) is 5.91 Å². The van der Waals surface area contributed by atoms with Crippen LogP contribution in [-0.2, 0) is 16.6 Å². The van der Waals surface area contributed by atoms with E-state index in [0.717, 1.165) is 19.4 Å². The minimum absolute atomic E-state index is 0.0963. The van der Waals surface area contributed by atoms with Crippen LogP contribution in [0.2, 0.25) is 0 Å². The zero-order valence-electron chi connectivity index (χ0n) is 17.7. The van der Waals surface area contributed by atoms with E-state index in [-0.39, 0.29) is 23.9 Å². The number of benzene rings is 1. The topological polar surface area (TPSA) is 68.4 Å². The number of amides is 3. The average Bonchev–Trinajstić information content (AvgIpc) is 3.19. The lowest BCUT2D eigenvalue weighted by atomic mass is 9.71. The number of hydrogen-bond acceptors (Lipinski definition) is 3. The van der Waals surface area contributed by atoms with E-state index in [1.54, 1.807) is 4.90 Å². The molecule has 2 fully saturated rings. The normalized spacial score (nSPS) is 27.4. The van der Waals surface area contributed by atoms with E-state index in [2.05, 4.69) is 61.3 Å². The average molecular weight is 395 g/mol. The predicted molar refractivity (Wildman–Crippen MR) is 113 cm³/mol. The summed E-state index contributed by atoms with van der Waals surface area (Å²) in [6, 6.07) is 4.90. The monoisotopic (exact) mass is 394 g/mol. The zero-order valence-corrected chi connectivity index (χ0v) is 17.7. The van der Waals surface area contributed by atoms with Crippen molar-refractivity contribution in [2.24, 2.45) is 5.92 Å². The molecule has 0 unspecified atom stereocenters. The van der Waals surface area contributed by atoms with Gasteiger partial charge in [-0.25, -0.2) is 4.79 Å². The van der Waals surface area contributed by atoms with E-state index in [4.69, 9.17) is 0 Å². The number of nitrogens with one attached hydrogen (secondary N) is 2. The van der Waals surface area contributed by atoms with Crippen LogP contribution in [0.1, 0.15) is 49.8 Å². The number of hydrogen-bond donors (Lipinski definition) is 2. The van der Waals surface area contributed by atoms with Crippen molar-refractivity contribution in [1.29, 1.82) is 0 Å². The third kappa shape index (κ3) is 2.96. The molecule has 2 aromatic rings. The summed E-state index contributed by atoms with van der Waals surface area (Å²) in [6.45, 7) is 8.60. The minimum atomic E-state index is -0.242. The van der Waals surface area contributed by atoms with E-state index in [1.165, 1.54) is 27.6 Å². The molecule has 29 heavy (non-hydrogen) atoms. The highest BCUT2D eigenvalue weighted by Crippen LogP contribution is 2.46. The Labute approximate surface area is 171 Å². The smallest absolute Gasteiger partial charge is 0.324 e. The Kier molecular flexibility index (Phi) is 4.07. The first kappa shape index (κ1) is 18.7. The number of likely N-dealkylation sites (tertiary alicyclic amines) is 1. The van der Waals surface area contributed by atoms with Gasteiger partial charge in [-0.1, -0.05) is 32.9 Å². The van der Waals surface area contributed by atoms with E-state index in [1.807, 2.05) is 0 Å². The van der Waals surface area contributed by atoms with Gasteiger partial charge in [0.1, 0.15) is 6.54 Å². The van der Waals surface area contributed by atoms with E-state index < -0.39 is 0 Å². The van der Waals surface area contributed by atoms with Crippen molar-refractivity contribution in [2.75, 3.05) is 26.7 Å². The molecule has 3 atom stereocenters. The van der Waals surface area contributed by atoms with Crippen molar-refractivity contribution >= 4 is 22.8 Å². The quantitative estimate of drug-likeness (QED) is 0.770. The largest absolute Gasteiger partial charge is 0.361 e. The molecular formula is C23H30N4O2. The van der Waals surface area contributed by atoms with Crippen molar-refractivity contribution < 1.29 is 9.59 Å². The minimum Gasteiger partial charge on any atom is -0.361 e. The van der Waals surface area contributed by atoms with Gasteiger partial charge in [-0.2, -0.15) is 0 Å². The van der Waals surface area contributed by atoms with Crippen molar-refractivity contribution in [3.05, 3.63) is 35.0 Å². The molecule has 0 radical (unpaired) electrons. The molecule has 0 saturated carbocycles. The maximum atomic E-state index is 12.0. The fourth-order valence-electron chi connectivity index (χ4n) is 5.81. The van der Waals surface area contributed by atoms with Crippen LogP contribution in [0.25, 0.3) is 10.9 Å². The first-order valence-electron chi connectivity index (χ1n) is 10.6. The Hall–Kier alpha value is -2.34. The summed E-state index contributed by atoms with van der Waals surface area (Å²) < 4.78 is 0. The third-order valence-corrected chi connectivity index (χ3v) is 7.10. The number of H-pyrrole nitrogens is 1. The number of aromatic amines is 1. The molecule has 6 heteroatoms. The summed E-state index contributed by atoms with van der Waals surface area (Å²) in [5, 5.41) is 3.82. The molecule has 6 nitrogen and oxygen atoms in total. The number of carbonyl (C=O) groups excluding carboxylic acids is 2. The molecule has 2 saturated heterocycles. The van der Waals surface area contributed by atoms with Crippen molar-refractivity contribution in [2.45, 2.75) is 51.0 Å². The number of fused-ring (bicyclic) bond motifs is 2. The van der Waals surface area contributed by atoms with Crippen molar-refractivity contribution in [1.82, 2.24) is 20.1 Å². The highest BCUT2D eigenvalue weighted by Gasteiger charge is 2.41. The fourth-order valence-corrected chi connectivity index (χ4v) is 5.81. The highest BCUT2D eigenvalue weighted by molar-refractivity contribution is 6.01. The Morgan fingerprint density at radius 2 is 2.00 bits per heavy atom. The molecule has 154 valence electrons. The van der Waals surface area contributed by atoms with E-state index in [0.29, 0.717) is 24.4 Å². The molecule has 2 N–H and O–H groups in total. The summed E-state index contributed by atoms with van der Waals surface area (Å²) >= 11 is 0. The number of aromatic nitrogens is 1. The molecule has 1 aromatic carbocycles. The molecule has 3 heterocycles. The maximum Gasteiger partial charge on any atom is 0.324 e. The lowest BCUT2D eigenvalue weighted by Crippen LogP contribution is -2.50. The number of carbonyl (C=O) groups is 2. The van der Waals surface area contributed by atoms with Gasteiger partial charge in [0.25, 0.3) is 0 Å². The second kappa shape index (κ2) is 6.33. The standard InChI is InChI=1S/C23H30N4O2/c1-23(2,3)17-6-5-15-16-7-13(11-27-12-19(28)25-22(27)29)10-26(4)18(16)8-14-9-24-21(17)20(14)15/h5-6,9,13,16,18,24H,7-8,10-12H2,1-4H3,(H,25,28,29)/t13-,16-,18-/m1/s1. The third-order valence-electron chi connectivity index (χ3n) is 7.10. The summed E-state index contributed by atoms with van der Waals surface area (Å²) in [6.07, 6.45) is 4.33. The molecule has 5 rings (SSSR count). The summed E-state index contributed by atoms with van der Waals surface area (Å²) in [7, 11) is 2.21. The van der Waals surface area contributed by atoms with E-state index in [9.17, 15) is 9.59 Å². The van der Waals surface area contributed by atoms with Crippen LogP contribution in [0.5, 0.6) is 0 Å². The Morgan fingerprint density at radius 3 is 2.69 bits per heavy atom. The molecule has 1 aliphatic carbocycles. The van der Waals surface area contributed by atoms with Gasteiger partial charge in [-0.15, -0.1) is 0 Å². The first-order chi connectivity index (χ1) is 13.7. The van der Waals surface area contributed by atoms with Crippen LogP contribution < -0.4 is 5.32 Å². The number of piperidine rings is 1. The van der Waals surface area contributed by atoms with Gasteiger partial charge in [0, 0.05) is 42.1 Å². The SMILES string of the molecule is CN1C[C@H](CN2CC(=O)NC2=O)C[C@@H]2c3ccc(C(C)(C)C)c4[nH]cc(c34)C[C@H]21. The van der Waals surface area contributed by atoms with Gasteiger partial charge in [0.15, 0.2) is 0 Å². The summed E-state index contributed by atoms with van der Waals surface area (Å²) in [5.74, 6) is 0.641. The van der Waals surface area contributed by atoms with Gasteiger partial charge >= 0.3 is 6.03 Å².